The molecule has 2 aromatic carbocycles. The average Bonchev–Trinajstić information content (AvgIpc) is 3.25. The number of fused-ring (bicyclic) bond motifs is 1. The summed E-state index contributed by atoms with van der Waals surface area (Å²) in [5.41, 5.74) is 3.18. The van der Waals surface area contributed by atoms with Crippen LogP contribution < -0.4 is 4.90 Å². The second kappa shape index (κ2) is 9.18. The number of aromatic nitrogens is 2. The van der Waals surface area contributed by atoms with Gasteiger partial charge in [-0.2, -0.15) is 0 Å². The molecule has 4 rings (SSSR count). The molecule has 0 radical (unpaired) electrons. The second-order valence-electron chi connectivity index (χ2n) is 7.29. The number of rotatable bonds is 7. The average molecular weight is 466 g/mol. The van der Waals surface area contributed by atoms with E-state index in [2.05, 4.69) is 18.0 Å². The van der Waals surface area contributed by atoms with E-state index in [0.717, 1.165) is 22.3 Å². The maximum Gasteiger partial charge on any atom is 0.260 e. The van der Waals surface area contributed by atoms with Crippen LogP contribution in [0.1, 0.15) is 35.5 Å². The van der Waals surface area contributed by atoms with Crippen LogP contribution in [-0.2, 0) is 22.8 Å². The number of carbonyl (C=O) groups is 1. The van der Waals surface area contributed by atoms with E-state index in [1.165, 1.54) is 29.0 Å². The third-order valence-electron chi connectivity index (χ3n) is 5.21. The Hall–Kier alpha value is -3.10. The number of aryl methyl sites for hydroxylation is 1. The first-order valence-electron chi connectivity index (χ1n) is 10.4. The van der Waals surface area contributed by atoms with Crippen molar-refractivity contribution < 1.29 is 13.2 Å². The van der Waals surface area contributed by atoms with Gasteiger partial charge in [0.15, 0.2) is 15.0 Å². The third-order valence-corrected chi connectivity index (χ3v) is 8.00. The Labute approximate surface area is 191 Å². The minimum atomic E-state index is -3.33. The Morgan fingerprint density at radius 2 is 1.81 bits per heavy atom. The van der Waals surface area contributed by atoms with Gasteiger partial charge in [0.1, 0.15) is 0 Å². The van der Waals surface area contributed by atoms with Gasteiger partial charge in [-0.15, -0.1) is 0 Å². The van der Waals surface area contributed by atoms with Crippen molar-refractivity contribution in [3.63, 3.8) is 0 Å². The molecule has 0 aliphatic rings. The summed E-state index contributed by atoms with van der Waals surface area (Å²) in [6.07, 6.45) is 2.61. The first-order chi connectivity index (χ1) is 15.4. The molecule has 2 heterocycles. The molecular formula is C24H23N3O3S2. The van der Waals surface area contributed by atoms with Gasteiger partial charge >= 0.3 is 0 Å². The molecule has 0 fully saturated rings. The van der Waals surface area contributed by atoms with Crippen molar-refractivity contribution in [3.8, 4) is 0 Å². The van der Waals surface area contributed by atoms with Gasteiger partial charge in [0.25, 0.3) is 5.91 Å². The lowest BCUT2D eigenvalue weighted by Gasteiger charge is -2.19. The maximum atomic E-state index is 13.5. The standard InChI is InChI=1S/C24H23N3O3S2/c1-3-17-8-13-21-22(15-17)31-24(26-21)27(16-19-7-5-6-14-25-19)23(28)18-9-11-20(12-10-18)32(29,30)4-2/h5-15H,3-4,16H2,1-2H3. The monoisotopic (exact) mass is 465 g/mol. The number of benzene rings is 2. The number of pyridine rings is 1. The lowest BCUT2D eigenvalue weighted by atomic mass is 10.2. The summed E-state index contributed by atoms with van der Waals surface area (Å²) in [6.45, 7) is 3.96. The van der Waals surface area contributed by atoms with E-state index < -0.39 is 9.84 Å². The third kappa shape index (κ3) is 4.56. The van der Waals surface area contributed by atoms with Gasteiger partial charge in [-0.3, -0.25) is 14.7 Å². The second-order valence-corrected chi connectivity index (χ2v) is 10.6. The first kappa shape index (κ1) is 22.1. The highest BCUT2D eigenvalue weighted by Crippen LogP contribution is 2.31. The molecule has 0 bridgehead atoms. The van der Waals surface area contributed by atoms with E-state index in [1.807, 2.05) is 30.3 Å². The summed E-state index contributed by atoms with van der Waals surface area (Å²) >= 11 is 1.46. The molecule has 0 spiro atoms. The normalized spacial score (nSPS) is 11.6. The highest BCUT2D eigenvalue weighted by atomic mass is 32.2. The molecule has 4 aromatic rings. The predicted octanol–water partition coefficient (Wildman–Crippen LogP) is 4.89. The first-order valence-corrected chi connectivity index (χ1v) is 12.8. The van der Waals surface area contributed by atoms with Crippen LogP contribution in [0.2, 0.25) is 0 Å². The molecule has 8 heteroatoms. The van der Waals surface area contributed by atoms with Crippen LogP contribution in [-0.4, -0.2) is 30.0 Å². The number of hydrogen-bond donors (Lipinski definition) is 0. The van der Waals surface area contributed by atoms with Crippen molar-refractivity contribution in [1.29, 1.82) is 0 Å². The zero-order valence-electron chi connectivity index (χ0n) is 17.9. The number of sulfone groups is 1. The lowest BCUT2D eigenvalue weighted by molar-refractivity contribution is 0.0984. The molecule has 0 unspecified atom stereocenters. The highest BCUT2D eigenvalue weighted by molar-refractivity contribution is 7.91. The summed E-state index contributed by atoms with van der Waals surface area (Å²) in [7, 11) is -3.33. The zero-order chi connectivity index (χ0) is 22.7. The Kier molecular flexibility index (Phi) is 6.34. The Bertz CT molecular complexity index is 1350. The summed E-state index contributed by atoms with van der Waals surface area (Å²) in [5, 5.41) is 0.578. The molecular weight excluding hydrogens is 442 g/mol. The van der Waals surface area contributed by atoms with Crippen LogP contribution in [0.25, 0.3) is 10.2 Å². The Morgan fingerprint density at radius 1 is 1.03 bits per heavy atom. The molecule has 0 atom stereocenters. The SMILES string of the molecule is CCc1ccc2nc(N(Cc3ccccn3)C(=O)c3ccc(S(=O)(=O)CC)cc3)sc2c1. The number of carbonyl (C=O) groups excluding carboxylic acids is 1. The molecule has 0 aliphatic carbocycles. The van der Waals surface area contributed by atoms with E-state index in [1.54, 1.807) is 30.2 Å². The summed E-state index contributed by atoms with van der Waals surface area (Å²) in [5.74, 6) is -0.247. The van der Waals surface area contributed by atoms with Crippen LogP contribution in [0, 0.1) is 0 Å². The molecule has 6 nitrogen and oxygen atoms in total. The quantitative estimate of drug-likeness (QED) is 0.388. The van der Waals surface area contributed by atoms with E-state index in [-0.39, 0.29) is 23.1 Å². The largest absolute Gasteiger partial charge is 0.278 e. The van der Waals surface area contributed by atoms with Gasteiger partial charge in [0.2, 0.25) is 0 Å². The fourth-order valence-electron chi connectivity index (χ4n) is 3.30. The van der Waals surface area contributed by atoms with Crippen molar-refractivity contribution in [2.45, 2.75) is 31.7 Å². The lowest BCUT2D eigenvalue weighted by Crippen LogP contribution is -2.30. The Morgan fingerprint density at radius 3 is 2.47 bits per heavy atom. The van der Waals surface area contributed by atoms with Crippen LogP contribution in [0.15, 0.2) is 71.8 Å². The van der Waals surface area contributed by atoms with E-state index >= 15 is 0 Å². The smallest absolute Gasteiger partial charge is 0.260 e. The van der Waals surface area contributed by atoms with Gasteiger partial charge in [-0.05, 0) is 60.5 Å². The van der Waals surface area contributed by atoms with Gasteiger partial charge in [0.05, 0.1) is 33.1 Å². The number of hydrogen-bond acceptors (Lipinski definition) is 6. The maximum absolute atomic E-state index is 13.5. The predicted molar refractivity (Wildman–Crippen MR) is 128 cm³/mol. The van der Waals surface area contributed by atoms with E-state index in [4.69, 9.17) is 4.98 Å². The summed E-state index contributed by atoms with van der Waals surface area (Å²) in [6, 6.07) is 17.8. The van der Waals surface area contributed by atoms with Crippen LogP contribution in [0.4, 0.5) is 5.13 Å². The molecule has 164 valence electrons. The fourth-order valence-corrected chi connectivity index (χ4v) is 5.21. The number of nitrogens with zero attached hydrogens (tertiary/aromatic N) is 3. The molecule has 1 amide bonds. The zero-order valence-corrected chi connectivity index (χ0v) is 19.5. The molecule has 0 saturated carbocycles. The topological polar surface area (TPSA) is 80.2 Å². The van der Waals surface area contributed by atoms with Crippen molar-refractivity contribution in [3.05, 3.63) is 83.7 Å². The summed E-state index contributed by atoms with van der Waals surface area (Å²) < 4.78 is 25.3. The minimum absolute atomic E-state index is 0.0115. The van der Waals surface area contributed by atoms with Gasteiger partial charge < -0.3 is 0 Å². The molecule has 0 aliphatic heterocycles. The Balaban J connectivity index is 1.73. The van der Waals surface area contributed by atoms with Crippen LogP contribution in [0.3, 0.4) is 0 Å². The molecule has 2 aromatic heterocycles. The van der Waals surface area contributed by atoms with Crippen molar-refractivity contribution in [1.82, 2.24) is 9.97 Å². The fraction of sp³-hybridized carbons (Fsp3) is 0.208. The van der Waals surface area contributed by atoms with Crippen molar-refractivity contribution in [2.24, 2.45) is 0 Å². The van der Waals surface area contributed by atoms with Crippen LogP contribution >= 0.6 is 11.3 Å². The van der Waals surface area contributed by atoms with Crippen molar-refractivity contribution >= 4 is 42.4 Å². The number of anilines is 1. The van der Waals surface area contributed by atoms with Gasteiger partial charge in [-0.1, -0.05) is 37.3 Å². The minimum Gasteiger partial charge on any atom is -0.278 e. The highest BCUT2D eigenvalue weighted by Gasteiger charge is 2.23. The molecule has 32 heavy (non-hydrogen) atoms. The van der Waals surface area contributed by atoms with Gasteiger partial charge in [0, 0.05) is 11.8 Å². The van der Waals surface area contributed by atoms with Crippen LogP contribution in [0.5, 0.6) is 0 Å². The van der Waals surface area contributed by atoms with Crippen molar-refractivity contribution in [2.75, 3.05) is 10.7 Å². The molecule has 0 saturated heterocycles. The molecule has 0 N–H and O–H groups in total. The van der Waals surface area contributed by atoms with E-state index in [9.17, 15) is 13.2 Å². The summed E-state index contributed by atoms with van der Waals surface area (Å²) in [4.78, 5) is 24.4. The number of amides is 1. The van der Waals surface area contributed by atoms with E-state index in [0.29, 0.717) is 10.7 Å². The number of thiazole rings is 1. The van der Waals surface area contributed by atoms with Gasteiger partial charge in [-0.25, -0.2) is 13.4 Å².